The zero-order valence-electron chi connectivity index (χ0n) is 7.74. The molecule has 2 N–H and O–H groups in total. The fourth-order valence-corrected chi connectivity index (χ4v) is 1.85. The van der Waals surface area contributed by atoms with Gasteiger partial charge in [-0.15, -0.1) is 0 Å². The van der Waals surface area contributed by atoms with Crippen LogP contribution < -0.4 is 5.73 Å². The highest BCUT2D eigenvalue weighted by molar-refractivity contribution is 5.70. The standard InChI is InChI=1S/C9H16N2O2/c10-5-1-2-8-6-13-9(12)11(8)7-3-4-7/h7-8H,1-6,10H2. The number of rotatable bonds is 4. The van der Waals surface area contributed by atoms with Gasteiger partial charge in [-0.1, -0.05) is 0 Å². The van der Waals surface area contributed by atoms with Crippen LogP contribution in [0.4, 0.5) is 4.79 Å². The summed E-state index contributed by atoms with van der Waals surface area (Å²) in [6.45, 7) is 1.26. The Morgan fingerprint density at radius 2 is 2.31 bits per heavy atom. The predicted molar refractivity (Wildman–Crippen MR) is 48.3 cm³/mol. The summed E-state index contributed by atoms with van der Waals surface area (Å²) in [6.07, 6.45) is 4.13. The van der Waals surface area contributed by atoms with Crippen molar-refractivity contribution in [1.29, 1.82) is 0 Å². The van der Waals surface area contributed by atoms with Gasteiger partial charge in [0.25, 0.3) is 0 Å². The van der Waals surface area contributed by atoms with E-state index in [0.29, 0.717) is 25.2 Å². The first kappa shape index (κ1) is 8.81. The molecule has 0 aromatic rings. The molecule has 1 atom stereocenters. The molecule has 1 unspecified atom stereocenters. The number of ether oxygens (including phenoxy) is 1. The Morgan fingerprint density at radius 3 is 2.92 bits per heavy atom. The van der Waals surface area contributed by atoms with Crippen LogP contribution in [0.3, 0.4) is 0 Å². The van der Waals surface area contributed by atoms with Gasteiger partial charge in [0.1, 0.15) is 6.61 Å². The van der Waals surface area contributed by atoms with Crippen molar-refractivity contribution in [3.8, 4) is 0 Å². The Hall–Kier alpha value is -0.770. The van der Waals surface area contributed by atoms with Crippen molar-refractivity contribution in [1.82, 2.24) is 4.90 Å². The van der Waals surface area contributed by atoms with Crippen molar-refractivity contribution in [2.24, 2.45) is 5.73 Å². The van der Waals surface area contributed by atoms with Gasteiger partial charge in [-0.2, -0.15) is 0 Å². The lowest BCUT2D eigenvalue weighted by atomic mass is 10.1. The minimum atomic E-state index is -0.121. The lowest BCUT2D eigenvalue weighted by molar-refractivity contribution is 0.156. The molecule has 0 spiro atoms. The topological polar surface area (TPSA) is 55.6 Å². The van der Waals surface area contributed by atoms with Gasteiger partial charge in [-0.25, -0.2) is 4.79 Å². The molecule has 1 saturated carbocycles. The first-order chi connectivity index (χ1) is 6.33. The van der Waals surface area contributed by atoms with E-state index < -0.39 is 0 Å². The third kappa shape index (κ3) is 1.77. The smallest absolute Gasteiger partial charge is 0.410 e. The van der Waals surface area contributed by atoms with Gasteiger partial charge in [-0.05, 0) is 32.2 Å². The maximum Gasteiger partial charge on any atom is 0.410 e. The SMILES string of the molecule is NCCCC1COC(=O)N1C1CC1. The minimum absolute atomic E-state index is 0.121. The van der Waals surface area contributed by atoms with Crippen molar-refractivity contribution in [3.63, 3.8) is 0 Å². The van der Waals surface area contributed by atoms with Crippen molar-refractivity contribution >= 4 is 6.09 Å². The highest BCUT2D eigenvalue weighted by Gasteiger charge is 2.42. The van der Waals surface area contributed by atoms with Gasteiger partial charge in [-0.3, -0.25) is 4.90 Å². The maximum absolute atomic E-state index is 11.3. The quantitative estimate of drug-likeness (QED) is 0.700. The van der Waals surface area contributed by atoms with E-state index in [1.807, 2.05) is 4.90 Å². The van der Waals surface area contributed by atoms with Gasteiger partial charge in [0.2, 0.25) is 0 Å². The molecule has 0 bridgehead atoms. The predicted octanol–water partition coefficient (Wildman–Crippen LogP) is 0.708. The number of amides is 1. The number of nitrogens with two attached hydrogens (primary N) is 1. The lowest BCUT2D eigenvalue weighted by Crippen LogP contribution is -2.35. The Labute approximate surface area is 78.0 Å². The summed E-state index contributed by atoms with van der Waals surface area (Å²) >= 11 is 0. The molecule has 13 heavy (non-hydrogen) atoms. The Morgan fingerprint density at radius 1 is 1.54 bits per heavy atom. The van der Waals surface area contributed by atoms with Crippen LogP contribution >= 0.6 is 0 Å². The molecular weight excluding hydrogens is 168 g/mol. The first-order valence-electron chi connectivity index (χ1n) is 4.98. The van der Waals surface area contributed by atoms with Gasteiger partial charge in [0.15, 0.2) is 0 Å². The van der Waals surface area contributed by atoms with Crippen LogP contribution in [0.1, 0.15) is 25.7 Å². The largest absolute Gasteiger partial charge is 0.447 e. The average Bonchev–Trinajstić information content (AvgIpc) is 2.88. The van der Waals surface area contributed by atoms with Crippen LogP contribution in [-0.4, -0.2) is 36.2 Å². The fraction of sp³-hybridized carbons (Fsp3) is 0.889. The van der Waals surface area contributed by atoms with Crippen LogP contribution in [0.15, 0.2) is 0 Å². The molecule has 4 heteroatoms. The molecule has 1 heterocycles. The molecule has 2 fully saturated rings. The first-order valence-corrected chi connectivity index (χ1v) is 4.98. The molecule has 1 aliphatic heterocycles. The third-order valence-electron chi connectivity index (χ3n) is 2.69. The second-order valence-corrected chi connectivity index (χ2v) is 3.80. The van der Waals surface area contributed by atoms with Crippen molar-refractivity contribution < 1.29 is 9.53 Å². The molecule has 1 amide bonds. The number of nitrogens with zero attached hydrogens (tertiary/aromatic N) is 1. The van der Waals surface area contributed by atoms with E-state index in [-0.39, 0.29) is 6.09 Å². The lowest BCUT2D eigenvalue weighted by Gasteiger charge is -2.20. The molecule has 1 aliphatic carbocycles. The van der Waals surface area contributed by atoms with Crippen LogP contribution in [-0.2, 0) is 4.74 Å². The summed E-state index contributed by atoms with van der Waals surface area (Å²) in [7, 11) is 0. The summed E-state index contributed by atoms with van der Waals surface area (Å²) in [5, 5.41) is 0. The molecule has 0 aromatic heterocycles. The summed E-state index contributed by atoms with van der Waals surface area (Å²) < 4.78 is 5.02. The van der Waals surface area contributed by atoms with E-state index in [9.17, 15) is 4.79 Å². The Balaban J connectivity index is 1.90. The van der Waals surface area contributed by atoms with Crippen LogP contribution in [0.25, 0.3) is 0 Å². The zero-order chi connectivity index (χ0) is 9.26. The van der Waals surface area contributed by atoms with Crippen molar-refractivity contribution in [2.75, 3.05) is 13.2 Å². The number of hydrogen-bond donors (Lipinski definition) is 1. The minimum Gasteiger partial charge on any atom is -0.447 e. The molecule has 1 saturated heterocycles. The highest BCUT2D eigenvalue weighted by Crippen LogP contribution is 2.33. The maximum atomic E-state index is 11.3. The number of cyclic esters (lactones) is 1. The van der Waals surface area contributed by atoms with E-state index >= 15 is 0 Å². The summed E-state index contributed by atoms with van der Waals surface area (Å²) in [6, 6.07) is 0.765. The molecule has 4 nitrogen and oxygen atoms in total. The second kappa shape index (κ2) is 3.54. The van der Waals surface area contributed by atoms with Crippen LogP contribution in [0.5, 0.6) is 0 Å². The summed E-state index contributed by atoms with van der Waals surface area (Å²) in [4.78, 5) is 13.2. The summed E-state index contributed by atoms with van der Waals surface area (Å²) in [5.74, 6) is 0. The van der Waals surface area contributed by atoms with Gasteiger partial charge in [0, 0.05) is 6.04 Å². The highest BCUT2D eigenvalue weighted by atomic mass is 16.6. The van der Waals surface area contributed by atoms with E-state index in [2.05, 4.69) is 0 Å². The molecule has 74 valence electrons. The molecular formula is C9H16N2O2. The summed E-state index contributed by atoms with van der Waals surface area (Å²) in [5.41, 5.74) is 5.43. The van der Waals surface area contributed by atoms with E-state index in [1.54, 1.807) is 0 Å². The fourth-order valence-electron chi connectivity index (χ4n) is 1.85. The van der Waals surface area contributed by atoms with Crippen molar-refractivity contribution in [2.45, 2.75) is 37.8 Å². The normalized spacial score (nSPS) is 27.9. The molecule has 0 radical (unpaired) electrons. The number of carbonyl (C=O) groups excluding carboxylic acids is 1. The van der Waals surface area contributed by atoms with Gasteiger partial charge in [0.05, 0.1) is 6.04 Å². The second-order valence-electron chi connectivity index (χ2n) is 3.80. The van der Waals surface area contributed by atoms with Crippen LogP contribution in [0.2, 0.25) is 0 Å². The number of carbonyl (C=O) groups is 1. The number of hydrogen-bond acceptors (Lipinski definition) is 3. The van der Waals surface area contributed by atoms with Crippen LogP contribution in [0, 0.1) is 0 Å². The van der Waals surface area contributed by atoms with Crippen molar-refractivity contribution in [3.05, 3.63) is 0 Å². The van der Waals surface area contributed by atoms with E-state index in [0.717, 1.165) is 25.7 Å². The average molecular weight is 184 g/mol. The van der Waals surface area contributed by atoms with Gasteiger partial charge < -0.3 is 10.5 Å². The molecule has 0 aromatic carbocycles. The third-order valence-corrected chi connectivity index (χ3v) is 2.69. The van der Waals surface area contributed by atoms with Gasteiger partial charge >= 0.3 is 6.09 Å². The van der Waals surface area contributed by atoms with E-state index in [4.69, 9.17) is 10.5 Å². The Kier molecular flexibility index (Phi) is 2.40. The van der Waals surface area contributed by atoms with E-state index in [1.165, 1.54) is 0 Å². The zero-order valence-corrected chi connectivity index (χ0v) is 7.74. The molecule has 2 rings (SSSR count). The monoisotopic (exact) mass is 184 g/mol. The Bertz CT molecular complexity index is 204. The molecule has 2 aliphatic rings.